The van der Waals surface area contributed by atoms with E-state index in [0.29, 0.717) is 12.8 Å². The summed E-state index contributed by atoms with van der Waals surface area (Å²) in [6.45, 7) is 6.04. The number of unbranched alkanes of at least 4 members (excludes halogenated alkanes) is 26. The predicted molar refractivity (Wildman–Crippen MR) is 194 cm³/mol. The van der Waals surface area contributed by atoms with E-state index in [1.54, 1.807) is 0 Å². The minimum Gasteiger partial charge on any atom is -0.342 e. The second-order valence-electron chi connectivity index (χ2n) is 14.5. The first-order valence-corrected chi connectivity index (χ1v) is 20.5. The summed E-state index contributed by atoms with van der Waals surface area (Å²) in [5.41, 5.74) is 0. The average Bonchev–Trinajstić information content (AvgIpc) is 3.06. The van der Waals surface area contributed by atoms with Crippen LogP contribution in [-0.2, 0) is 14.4 Å². The quantitative estimate of drug-likeness (QED) is 0.0411. The summed E-state index contributed by atoms with van der Waals surface area (Å²) >= 11 is 0. The molecule has 0 aromatic heterocycles. The number of rotatable bonds is 33. The standard InChI is InChI=1S/C41H77NO3/c1-3-5-7-9-11-13-15-17-19-21-23-25-27-30-34-38(41(45)42-36-32-29-33-37-42)40(44)39(43)35-31-28-26-24-22-20-18-16-14-12-10-8-6-4-2/h38H,3-37H2,1-2H3. The molecule has 1 amide bonds. The monoisotopic (exact) mass is 632 g/mol. The number of nitrogens with zero attached hydrogens (tertiary/aromatic N) is 1. The number of carbonyl (C=O) groups excluding carboxylic acids is 3. The first kappa shape index (κ1) is 41.8. The minimum absolute atomic E-state index is 0.0660. The van der Waals surface area contributed by atoms with Crippen LogP contribution in [0.15, 0.2) is 0 Å². The van der Waals surface area contributed by atoms with Crippen molar-refractivity contribution >= 4 is 17.5 Å². The summed E-state index contributed by atoms with van der Waals surface area (Å²) in [4.78, 5) is 41.4. The Morgan fingerprint density at radius 2 is 0.778 bits per heavy atom. The molecule has 0 N–H and O–H groups in total. The molecule has 0 aliphatic carbocycles. The van der Waals surface area contributed by atoms with Crippen molar-refractivity contribution < 1.29 is 14.4 Å². The van der Waals surface area contributed by atoms with Crippen LogP contribution in [0.1, 0.15) is 226 Å². The van der Waals surface area contributed by atoms with Crippen LogP contribution in [0.25, 0.3) is 0 Å². The average molecular weight is 632 g/mol. The fourth-order valence-corrected chi connectivity index (χ4v) is 7.04. The molecule has 0 aromatic rings. The second kappa shape index (κ2) is 31.4. The lowest BCUT2D eigenvalue weighted by Gasteiger charge is -2.29. The first-order valence-electron chi connectivity index (χ1n) is 20.5. The molecular weight excluding hydrogens is 554 g/mol. The Balaban J connectivity index is 2.21. The van der Waals surface area contributed by atoms with Crippen LogP contribution in [-0.4, -0.2) is 35.5 Å². The molecule has 1 aliphatic rings. The lowest BCUT2D eigenvalue weighted by Crippen LogP contribution is -2.43. The molecule has 4 heteroatoms. The molecule has 1 heterocycles. The van der Waals surface area contributed by atoms with Crippen LogP contribution in [0.5, 0.6) is 0 Å². The number of Topliss-reactive ketones (excluding diaryl/α,β-unsaturated/α-hetero) is 2. The van der Waals surface area contributed by atoms with Gasteiger partial charge in [0.2, 0.25) is 11.7 Å². The molecular formula is C41H77NO3. The number of amides is 1. The van der Waals surface area contributed by atoms with Crippen LogP contribution in [0, 0.1) is 5.92 Å². The summed E-state index contributed by atoms with van der Waals surface area (Å²) in [6.07, 6.45) is 39.9. The largest absolute Gasteiger partial charge is 0.342 e. The molecule has 1 unspecified atom stereocenters. The van der Waals surface area contributed by atoms with Crippen LogP contribution in [0.4, 0.5) is 0 Å². The van der Waals surface area contributed by atoms with E-state index >= 15 is 0 Å². The van der Waals surface area contributed by atoms with E-state index in [1.807, 2.05) is 4.90 Å². The summed E-state index contributed by atoms with van der Waals surface area (Å²) in [7, 11) is 0. The Bertz CT molecular complexity index is 699. The lowest BCUT2D eigenvalue weighted by atomic mass is 9.90. The highest BCUT2D eigenvalue weighted by atomic mass is 16.2. The van der Waals surface area contributed by atoms with Gasteiger partial charge >= 0.3 is 0 Å². The summed E-state index contributed by atoms with van der Waals surface area (Å²) in [5.74, 6) is -1.49. The molecule has 0 radical (unpaired) electrons. The normalized spacial score (nSPS) is 14.1. The van der Waals surface area contributed by atoms with Gasteiger partial charge < -0.3 is 4.90 Å². The van der Waals surface area contributed by atoms with Gasteiger partial charge in [-0.05, 0) is 32.1 Å². The van der Waals surface area contributed by atoms with Gasteiger partial charge in [-0.1, -0.05) is 187 Å². The summed E-state index contributed by atoms with van der Waals surface area (Å²) < 4.78 is 0. The topological polar surface area (TPSA) is 54.5 Å². The molecule has 4 nitrogen and oxygen atoms in total. The van der Waals surface area contributed by atoms with Gasteiger partial charge in [0.1, 0.15) is 5.92 Å². The van der Waals surface area contributed by atoms with Gasteiger partial charge in [-0.15, -0.1) is 0 Å². The molecule has 1 fully saturated rings. The van der Waals surface area contributed by atoms with E-state index < -0.39 is 11.7 Å². The van der Waals surface area contributed by atoms with E-state index in [9.17, 15) is 14.4 Å². The summed E-state index contributed by atoms with van der Waals surface area (Å²) in [5, 5.41) is 0. The van der Waals surface area contributed by atoms with E-state index in [2.05, 4.69) is 13.8 Å². The predicted octanol–water partition coefficient (Wildman–Crippen LogP) is 12.5. The van der Waals surface area contributed by atoms with E-state index in [0.717, 1.165) is 64.5 Å². The maximum absolute atomic E-state index is 13.4. The third-order valence-corrected chi connectivity index (χ3v) is 10.2. The number of carbonyl (C=O) groups is 3. The Morgan fingerprint density at radius 1 is 0.444 bits per heavy atom. The molecule has 1 atom stereocenters. The van der Waals surface area contributed by atoms with Crippen LogP contribution >= 0.6 is 0 Å². The lowest BCUT2D eigenvalue weighted by molar-refractivity contribution is -0.147. The van der Waals surface area contributed by atoms with Crippen molar-refractivity contribution in [3.8, 4) is 0 Å². The van der Waals surface area contributed by atoms with Crippen molar-refractivity contribution in [3.63, 3.8) is 0 Å². The van der Waals surface area contributed by atoms with Crippen molar-refractivity contribution in [3.05, 3.63) is 0 Å². The highest BCUT2D eigenvalue weighted by Crippen LogP contribution is 2.21. The van der Waals surface area contributed by atoms with Crippen molar-refractivity contribution in [2.24, 2.45) is 5.92 Å². The maximum Gasteiger partial charge on any atom is 0.233 e. The molecule has 1 aliphatic heterocycles. The fraction of sp³-hybridized carbons (Fsp3) is 0.927. The Kier molecular flexibility index (Phi) is 29.2. The molecule has 0 spiro atoms. The maximum atomic E-state index is 13.4. The highest BCUT2D eigenvalue weighted by molar-refractivity contribution is 6.41. The van der Waals surface area contributed by atoms with Gasteiger partial charge in [0, 0.05) is 19.5 Å². The molecule has 45 heavy (non-hydrogen) atoms. The van der Waals surface area contributed by atoms with Crippen molar-refractivity contribution in [2.75, 3.05) is 13.1 Å². The minimum atomic E-state index is -0.737. The van der Waals surface area contributed by atoms with Crippen LogP contribution < -0.4 is 0 Å². The van der Waals surface area contributed by atoms with Gasteiger partial charge in [-0.3, -0.25) is 14.4 Å². The van der Waals surface area contributed by atoms with Gasteiger partial charge in [0.25, 0.3) is 0 Å². The van der Waals surface area contributed by atoms with Crippen molar-refractivity contribution in [1.82, 2.24) is 4.90 Å². The van der Waals surface area contributed by atoms with Gasteiger partial charge in [-0.2, -0.15) is 0 Å². The molecule has 0 bridgehead atoms. The molecule has 1 rings (SSSR count). The third-order valence-electron chi connectivity index (χ3n) is 10.2. The number of hydrogen-bond donors (Lipinski definition) is 0. The van der Waals surface area contributed by atoms with Gasteiger partial charge in [0.15, 0.2) is 5.78 Å². The third kappa shape index (κ3) is 23.7. The SMILES string of the molecule is CCCCCCCCCCCCCCCCC(=O)C(=O)C(CCCCCCCCCCCCCCCC)C(=O)N1CCCCC1. The van der Waals surface area contributed by atoms with E-state index in [4.69, 9.17) is 0 Å². The fourth-order valence-electron chi connectivity index (χ4n) is 7.04. The Labute approximate surface area is 281 Å². The zero-order chi connectivity index (χ0) is 32.6. The second-order valence-corrected chi connectivity index (χ2v) is 14.5. The van der Waals surface area contributed by atoms with Crippen molar-refractivity contribution in [1.29, 1.82) is 0 Å². The molecule has 0 saturated carbocycles. The zero-order valence-electron chi connectivity index (χ0n) is 30.5. The van der Waals surface area contributed by atoms with E-state index in [1.165, 1.54) is 148 Å². The van der Waals surface area contributed by atoms with E-state index in [-0.39, 0.29) is 11.7 Å². The van der Waals surface area contributed by atoms with Gasteiger partial charge in [0.05, 0.1) is 0 Å². The Hall–Kier alpha value is -1.19. The zero-order valence-corrected chi connectivity index (χ0v) is 30.5. The number of hydrogen-bond acceptors (Lipinski definition) is 3. The highest BCUT2D eigenvalue weighted by Gasteiger charge is 2.34. The van der Waals surface area contributed by atoms with Crippen molar-refractivity contribution in [2.45, 2.75) is 226 Å². The van der Waals surface area contributed by atoms with Gasteiger partial charge in [-0.25, -0.2) is 0 Å². The molecule has 264 valence electrons. The number of ketones is 2. The molecule has 1 saturated heterocycles. The molecule has 0 aromatic carbocycles. The smallest absolute Gasteiger partial charge is 0.233 e. The number of likely N-dealkylation sites (tertiary alicyclic amines) is 1. The van der Waals surface area contributed by atoms with Crippen LogP contribution in [0.2, 0.25) is 0 Å². The number of piperidine rings is 1. The van der Waals surface area contributed by atoms with Crippen LogP contribution in [0.3, 0.4) is 0 Å². The Morgan fingerprint density at radius 3 is 1.16 bits per heavy atom. The summed E-state index contributed by atoms with van der Waals surface area (Å²) in [6, 6.07) is 0. The first-order chi connectivity index (χ1) is 22.1.